The summed E-state index contributed by atoms with van der Waals surface area (Å²) in [5.74, 6) is 1.64. The smallest absolute Gasteiger partial charge is 0.258 e. The second-order valence-electron chi connectivity index (χ2n) is 6.73. The molecule has 26 heavy (non-hydrogen) atoms. The van der Waals surface area contributed by atoms with E-state index in [1.54, 1.807) is 12.4 Å². The molecule has 1 amide bonds. The van der Waals surface area contributed by atoms with Crippen LogP contribution in [0.25, 0.3) is 11.0 Å². The van der Waals surface area contributed by atoms with Gasteiger partial charge in [-0.15, -0.1) is 0 Å². The van der Waals surface area contributed by atoms with Crippen LogP contribution in [0, 0.1) is 0 Å². The Morgan fingerprint density at radius 1 is 1.31 bits per heavy atom. The molecule has 5 nitrogen and oxygen atoms in total. The van der Waals surface area contributed by atoms with Crippen LogP contribution < -0.4 is 10.1 Å². The topological polar surface area (TPSA) is 64.4 Å². The van der Waals surface area contributed by atoms with Crippen molar-refractivity contribution in [1.82, 2.24) is 10.3 Å². The van der Waals surface area contributed by atoms with E-state index in [-0.39, 0.29) is 18.6 Å². The summed E-state index contributed by atoms with van der Waals surface area (Å²) in [7, 11) is 0. The van der Waals surface area contributed by atoms with Crippen molar-refractivity contribution < 1.29 is 13.9 Å². The summed E-state index contributed by atoms with van der Waals surface area (Å²) in [6, 6.07) is 9.46. The number of fused-ring (bicyclic) bond motifs is 3. The maximum atomic E-state index is 12.2. The molecular formula is C21H22N2O3. The van der Waals surface area contributed by atoms with Gasteiger partial charge in [0.2, 0.25) is 0 Å². The van der Waals surface area contributed by atoms with Crippen LogP contribution in [0.3, 0.4) is 0 Å². The predicted octanol–water partition coefficient (Wildman–Crippen LogP) is 3.96. The van der Waals surface area contributed by atoms with Crippen molar-refractivity contribution in [2.75, 3.05) is 6.61 Å². The Kier molecular flexibility index (Phi) is 4.61. The third-order valence-electron chi connectivity index (χ3n) is 4.86. The zero-order valence-electron chi connectivity index (χ0n) is 14.8. The SMILES string of the molecule is CC(NC(=O)COc1ccc2oc3c(c2c1)CCCC3)c1cccnc1. The largest absolute Gasteiger partial charge is 0.484 e. The third kappa shape index (κ3) is 3.43. The third-order valence-corrected chi connectivity index (χ3v) is 4.86. The first-order chi connectivity index (χ1) is 12.7. The molecule has 1 aromatic carbocycles. The van der Waals surface area contributed by atoms with Gasteiger partial charge in [-0.05, 0) is 56.0 Å². The van der Waals surface area contributed by atoms with Gasteiger partial charge in [0, 0.05) is 29.8 Å². The number of rotatable bonds is 5. The van der Waals surface area contributed by atoms with Gasteiger partial charge < -0.3 is 14.5 Å². The highest BCUT2D eigenvalue weighted by molar-refractivity contribution is 5.84. The molecule has 3 aromatic rings. The van der Waals surface area contributed by atoms with E-state index in [1.807, 2.05) is 37.3 Å². The van der Waals surface area contributed by atoms with Gasteiger partial charge >= 0.3 is 0 Å². The molecule has 1 unspecified atom stereocenters. The monoisotopic (exact) mass is 350 g/mol. The van der Waals surface area contributed by atoms with Crippen LogP contribution in [0.1, 0.15) is 42.7 Å². The normalized spacial score (nSPS) is 14.7. The Morgan fingerprint density at radius 2 is 2.19 bits per heavy atom. The van der Waals surface area contributed by atoms with E-state index in [0.29, 0.717) is 5.75 Å². The van der Waals surface area contributed by atoms with Gasteiger partial charge in [-0.25, -0.2) is 0 Å². The molecule has 0 bridgehead atoms. The number of nitrogens with zero attached hydrogens (tertiary/aromatic N) is 1. The van der Waals surface area contributed by atoms with Crippen LogP contribution in [0.15, 0.2) is 47.1 Å². The summed E-state index contributed by atoms with van der Waals surface area (Å²) >= 11 is 0. The molecule has 5 heteroatoms. The molecule has 0 radical (unpaired) electrons. The fraction of sp³-hybridized carbons (Fsp3) is 0.333. The lowest BCUT2D eigenvalue weighted by Gasteiger charge is -2.14. The lowest BCUT2D eigenvalue weighted by molar-refractivity contribution is -0.123. The minimum atomic E-state index is -0.157. The zero-order chi connectivity index (χ0) is 17.9. The van der Waals surface area contributed by atoms with Gasteiger partial charge in [0.05, 0.1) is 6.04 Å². The number of aryl methyl sites for hydroxylation is 2. The van der Waals surface area contributed by atoms with E-state index < -0.39 is 0 Å². The first kappa shape index (κ1) is 16.6. The van der Waals surface area contributed by atoms with Crippen molar-refractivity contribution in [3.63, 3.8) is 0 Å². The summed E-state index contributed by atoms with van der Waals surface area (Å²) in [5, 5.41) is 4.04. The van der Waals surface area contributed by atoms with E-state index in [2.05, 4.69) is 10.3 Å². The number of benzene rings is 1. The molecule has 2 aromatic heterocycles. The first-order valence-corrected chi connectivity index (χ1v) is 9.07. The van der Waals surface area contributed by atoms with E-state index in [9.17, 15) is 4.79 Å². The Hall–Kier alpha value is -2.82. The molecule has 1 aliphatic carbocycles. The minimum Gasteiger partial charge on any atom is -0.484 e. The Labute approximate surface area is 152 Å². The highest BCUT2D eigenvalue weighted by atomic mass is 16.5. The lowest BCUT2D eigenvalue weighted by Crippen LogP contribution is -2.31. The van der Waals surface area contributed by atoms with Crippen molar-refractivity contribution in [3.05, 3.63) is 59.6 Å². The number of furan rings is 1. The van der Waals surface area contributed by atoms with Gasteiger partial charge in [0.15, 0.2) is 6.61 Å². The van der Waals surface area contributed by atoms with Crippen molar-refractivity contribution in [1.29, 1.82) is 0 Å². The van der Waals surface area contributed by atoms with E-state index in [0.717, 1.165) is 35.1 Å². The lowest BCUT2D eigenvalue weighted by atomic mass is 9.96. The Balaban J connectivity index is 1.40. The molecule has 0 spiro atoms. The molecule has 0 saturated heterocycles. The van der Waals surface area contributed by atoms with Crippen molar-refractivity contribution in [2.24, 2.45) is 0 Å². The fourth-order valence-electron chi connectivity index (χ4n) is 3.48. The van der Waals surface area contributed by atoms with Gasteiger partial charge in [-0.2, -0.15) is 0 Å². The molecule has 0 aliphatic heterocycles. The average molecular weight is 350 g/mol. The second kappa shape index (κ2) is 7.20. The van der Waals surface area contributed by atoms with Gasteiger partial charge in [-0.1, -0.05) is 6.07 Å². The maximum absolute atomic E-state index is 12.2. The summed E-state index contributed by atoms with van der Waals surface area (Å²) < 4.78 is 11.6. The average Bonchev–Trinajstić information content (AvgIpc) is 3.05. The summed E-state index contributed by atoms with van der Waals surface area (Å²) in [6.45, 7) is 1.91. The van der Waals surface area contributed by atoms with Crippen molar-refractivity contribution in [2.45, 2.75) is 38.6 Å². The minimum absolute atomic E-state index is 0.0177. The number of aromatic nitrogens is 1. The zero-order valence-corrected chi connectivity index (χ0v) is 14.8. The number of nitrogens with one attached hydrogen (secondary N) is 1. The van der Waals surface area contributed by atoms with Gasteiger partial charge in [-0.3, -0.25) is 9.78 Å². The standard InChI is InChI=1S/C21H22N2O3/c1-14(15-5-4-10-22-12-15)23-21(24)13-25-16-8-9-20-18(11-16)17-6-2-3-7-19(17)26-20/h4-5,8-12,14H,2-3,6-7,13H2,1H3,(H,23,24). The summed E-state index contributed by atoms with van der Waals surface area (Å²) in [5.41, 5.74) is 3.16. The fourth-order valence-corrected chi connectivity index (χ4v) is 3.48. The number of ether oxygens (including phenoxy) is 1. The Morgan fingerprint density at radius 3 is 3.04 bits per heavy atom. The number of carbonyl (C=O) groups is 1. The summed E-state index contributed by atoms with van der Waals surface area (Å²) in [6.07, 6.45) is 7.91. The van der Waals surface area contributed by atoms with Crippen LogP contribution in [0.2, 0.25) is 0 Å². The van der Waals surface area contributed by atoms with Crippen LogP contribution in [-0.4, -0.2) is 17.5 Å². The molecule has 0 fully saturated rings. The number of carbonyl (C=O) groups excluding carboxylic acids is 1. The maximum Gasteiger partial charge on any atom is 0.258 e. The molecule has 1 aliphatic rings. The molecule has 0 saturated carbocycles. The predicted molar refractivity (Wildman–Crippen MR) is 99.1 cm³/mol. The number of hydrogen-bond acceptors (Lipinski definition) is 4. The molecule has 4 rings (SSSR count). The second-order valence-corrected chi connectivity index (χ2v) is 6.73. The van der Waals surface area contributed by atoms with E-state index >= 15 is 0 Å². The van der Waals surface area contributed by atoms with Gasteiger partial charge in [0.1, 0.15) is 17.1 Å². The summed E-state index contributed by atoms with van der Waals surface area (Å²) in [4.78, 5) is 16.2. The van der Waals surface area contributed by atoms with Crippen LogP contribution >= 0.6 is 0 Å². The van der Waals surface area contributed by atoms with Crippen molar-refractivity contribution >= 4 is 16.9 Å². The van der Waals surface area contributed by atoms with E-state index in [4.69, 9.17) is 9.15 Å². The quantitative estimate of drug-likeness (QED) is 0.756. The molecule has 1 N–H and O–H groups in total. The number of amides is 1. The highest BCUT2D eigenvalue weighted by Crippen LogP contribution is 2.33. The van der Waals surface area contributed by atoms with Gasteiger partial charge in [0.25, 0.3) is 5.91 Å². The first-order valence-electron chi connectivity index (χ1n) is 9.07. The highest BCUT2D eigenvalue weighted by Gasteiger charge is 2.18. The molecule has 1 atom stereocenters. The van der Waals surface area contributed by atoms with Crippen LogP contribution in [0.5, 0.6) is 5.75 Å². The van der Waals surface area contributed by atoms with Crippen LogP contribution in [-0.2, 0) is 17.6 Å². The molecule has 134 valence electrons. The Bertz CT molecular complexity index is 918. The number of hydrogen-bond donors (Lipinski definition) is 1. The van der Waals surface area contributed by atoms with Crippen molar-refractivity contribution in [3.8, 4) is 5.75 Å². The van der Waals surface area contributed by atoms with E-state index in [1.165, 1.54) is 18.4 Å². The molecule has 2 heterocycles. The number of pyridine rings is 1. The van der Waals surface area contributed by atoms with Crippen LogP contribution in [0.4, 0.5) is 0 Å². The molecular weight excluding hydrogens is 328 g/mol.